The van der Waals surface area contributed by atoms with Gasteiger partial charge in [-0.2, -0.15) is 0 Å². The average Bonchev–Trinajstić information content (AvgIpc) is 2.35. The number of rotatable bonds is 7. The highest BCUT2D eigenvalue weighted by atomic mass is 14.9. The molecule has 0 amide bonds. The van der Waals surface area contributed by atoms with Crippen LogP contribution in [0.25, 0.3) is 0 Å². The van der Waals surface area contributed by atoms with Crippen molar-refractivity contribution >= 4 is 0 Å². The third kappa shape index (κ3) is 4.42. The average molecular weight is 226 g/mol. The van der Waals surface area contributed by atoms with Gasteiger partial charge in [0.1, 0.15) is 0 Å². The van der Waals surface area contributed by atoms with Crippen LogP contribution in [0.2, 0.25) is 0 Å². The molecule has 0 bridgehead atoms. The summed E-state index contributed by atoms with van der Waals surface area (Å²) in [7, 11) is 2.07. The zero-order valence-corrected chi connectivity index (χ0v) is 11.4. The Balaban J connectivity index is 2.42. The molecule has 0 aromatic heterocycles. The zero-order chi connectivity index (χ0) is 11.9. The van der Waals surface area contributed by atoms with Crippen LogP contribution in [0, 0.1) is 11.3 Å². The lowest BCUT2D eigenvalue weighted by Gasteiger charge is -2.38. The zero-order valence-electron chi connectivity index (χ0n) is 11.4. The third-order valence-corrected chi connectivity index (χ3v) is 4.43. The minimum atomic E-state index is 0.637. The minimum Gasteiger partial charge on any atom is -0.320 e. The van der Waals surface area contributed by atoms with Crippen LogP contribution < -0.4 is 10.6 Å². The summed E-state index contributed by atoms with van der Waals surface area (Å²) in [5.74, 6) is 0.904. The third-order valence-electron chi connectivity index (χ3n) is 4.43. The largest absolute Gasteiger partial charge is 0.320 e. The fourth-order valence-electron chi connectivity index (χ4n) is 2.73. The Morgan fingerprint density at radius 3 is 2.50 bits per heavy atom. The van der Waals surface area contributed by atoms with Crippen LogP contribution in [0.15, 0.2) is 0 Å². The Bertz CT molecular complexity index is 174. The van der Waals surface area contributed by atoms with Gasteiger partial charge in [0, 0.05) is 0 Å². The summed E-state index contributed by atoms with van der Waals surface area (Å²) < 4.78 is 0. The van der Waals surface area contributed by atoms with Crippen LogP contribution in [0.3, 0.4) is 0 Å². The van der Waals surface area contributed by atoms with E-state index in [9.17, 15) is 0 Å². The lowest BCUT2D eigenvalue weighted by Crippen LogP contribution is -2.38. The van der Waals surface area contributed by atoms with E-state index in [4.69, 9.17) is 0 Å². The Morgan fingerprint density at radius 2 is 1.94 bits per heavy atom. The summed E-state index contributed by atoms with van der Waals surface area (Å²) >= 11 is 0. The van der Waals surface area contributed by atoms with Crippen LogP contribution in [0.1, 0.15) is 52.4 Å². The van der Waals surface area contributed by atoms with E-state index in [-0.39, 0.29) is 0 Å². The van der Waals surface area contributed by atoms with Crippen LogP contribution in [0.5, 0.6) is 0 Å². The molecule has 1 heterocycles. The summed E-state index contributed by atoms with van der Waals surface area (Å²) in [6.07, 6.45) is 8.31. The smallest absolute Gasteiger partial charge is 0.00436 e. The first-order valence-electron chi connectivity index (χ1n) is 7.08. The standard InChI is InChI=1S/C14H30N2/c1-4-13(2)5-6-14(7-10-15-3)8-11-16-12-9-14/h13,15-16H,4-12H2,1-3H3. The molecule has 96 valence electrons. The molecule has 1 unspecified atom stereocenters. The Labute approximate surface area is 102 Å². The van der Waals surface area contributed by atoms with Gasteiger partial charge in [-0.1, -0.05) is 26.7 Å². The second-order valence-corrected chi connectivity index (χ2v) is 5.66. The molecule has 1 saturated heterocycles. The Morgan fingerprint density at radius 1 is 1.25 bits per heavy atom. The van der Waals surface area contributed by atoms with Gasteiger partial charge in [0.05, 0.1) is 0 Å². The van der Waals surface area contributed by atoms with Gasteiger partial charge >= 0.3 is 0 Å². The van der Waals surface area contributed by atoms with Crippen LogP contribution in [0.4, 0.5) is 0 Å². The monoisotopic (exact) mass is 226 g/mol. The van der Waals surface area contributed by atoms with Gasteiger partial charge in [0.15, 0.2) is 0 Å². The number of nitrogens with one attached hydrogen (secondary N) is 2. The second-order valence-electron chi connectivity index (χ2n) is 5.66. The molecule has 1 atom stereocenters. The molecule has 2 heteroatoms. The maximum Gasteiger partial charge on any atom is -0.00436 e. The molecule has 0 aromatic carbocycles. The summed E-state index contributed by atoms with van der Waals surface area (Å²) in [6, 6.07) is 0. The highest BCUT2D eigenvalue weighted by Gasteiger charge is 2.31. The predicted molar refractivity (Wildman–Crippen MR) is 71.8 cm³/mol. The lowest BCUT2D eigenvalue weighted by atomic mass is 9.71. The van der Waals surface area contributed by atoms with Crippen molar-refractivity contribution < 1.29 is 0 Å². The van der Waals surface area contributed by atoms with E-state index in [1.807, 2.05) is 0 Å². The minimum absolute atomic E-state index is 0.637. The van der Waals surface area contributed by atoms with E-state index in [1.54, 1.807) is 0 Å². The summed E-state index contributed by atoms with van der Waals surface area (Å²) in [4.78, 5) is 0. The first-order chi connectivity index (χ1) is 7.72. The lowest BCUT2D eigenvalue weighted by molar-refractivity contribution is 0.155. The molecule has 16 heavy (non-hydrogen) atoms. The predicted octanol–water partition coefficient (Wildman–Crippen LogP) is 2.79. The van der Waals surface area contributed by atoms with Crippen molar-refractivity contribution in [3.8, 4) is 0 Å². The fourth-order valence-corrected chi connectivity index (χ4v) is 2.73. The van der Waals surface area contributed by atoms with Crippen molar-refractivity contribution in [3.05, 3.63) is 0 Å². The molecule has 0 aromatic rings. The SMILES string of the molecule is CCC(C)CCC1(CCNC)CCNCC1. The van der Waals surface area contributed by atoms with Gasteiger partial charge in [-0.15, -0.1) is 0 Å². The molecule has 1 aliphatic heterocycles. The van der Waals surface area contributed by atoms with Crippen LogP contribution >= 0.6 is 0 Å². The summed E-state index contributed by atoms with van der Waals surface area (Å²) in [6.45, 7) is 8.34. The number of hydrogen-bond donors (Lipinski definition) is 2. The van der Waals surface area contributed by atoms with E-state index in [0.717, 1.165) is 5.92 Å². The van der Waals surface area contributed by atoms with E-state index < -0.39 is 0 Å². The first kappa shape index (κ1) is 14.0. The molecule has 2 nitrogen and oxygen atoms in total. The normalized spacial score (nSPS) is 21.9. The molecule has 0 spiro atoms. The highest BCUT2D eigenvalue weighted by Crippen LogP contribution is 2.38. The van der Waals surface area contributed by atoms with Crippen molar-refractivity contribution in [3.63, 3.8) is 0 Å². The second kappa shape index (κ2) is 7.29. The Hall–Kier alpha value is -0.0800. The molecule has 0 aliphatic carbocycles. The van der Waals surface area contributed by atoms with Gasteiger partial charge in [-0.25, -0.2) is 0 Å². The van der Waals surface area contributed by atoms with Gasteiger partial charge in [0.2, 0.25) is 0 Å². The van der Waals surface area contributed by atoms with Gasteiger partial charge in [-0.05, 0) is 63.7 Å². The van der Waals surface area contributed by atoms with E-state index in [1.165, 1.54) is 58.2 Å². The van der Waals surface area contributed by atoms with E-state index in [0.29, 0.717) is 5.41 Å². The van der Waals surface area contributed by atoms with E-state index >= 15 is 0 Å². The number of hydrogen-bond acceptors (Lipinski definition) is 2. The van der Waals surface area contributed by atoms with Crippen LogP contribution in [-0.4, -0.2) is 26.7 Å². The molecular formula is C14H30N2. The highest BCUT2D eigenvalue weighted by molar-refractivity contribution is 4.85. The molecule has 0 saturated carbocycles. The van der Waals surface area contributed by atoms with Crippen molar-refractivity contribution in [2.24, 2.45) is 11.3 Å². The van der Waals surface area contributed by atoms with Crippen molar-refractivity contribution in [2.45, 2.75) is 52.4 Å². The topological polar surface area (TPSA) is 24.1 Å². The van der Waals surface area contributed by atoms with Crippen molar-refractivity contribution in [1.29, 1.82) is 0 Å². The summed E-state index contributed by atoms with van der Waals surface area (Å²) in [5, 5.41) is 6.82. The van der Waals surface area contributed by atoms with Gasteiger partial charge in [-0.3, -0.25) is 0 Å². The molecule has 1 rings (SSSR count). The maximum absolute atomic E-state index is 3.50. The van der Waals surface area contributed by atoms with Gasteiger partial charge in [0.25, 0.3) is 0 Å². The Kier molecular flexibility index (Phi) is 6.37. The van der Waals surface area contributed by atoms with E-state index in [2.05, 4.69) is 31.5 Å². The van der Waals surface area contributed by atoms with Crippen LogP contribution in [-0.2, 0) is 0 Å². The molecule has 2 N–H and O–H groups in total. The summed E-state index contributed by atoms with van der Waals surface area (Å²) in [5.41, 5.74) is 0.637. The molecular weight excluding hydrogens is 196 g/mol. The van der Waals surface area contributed by atoms with Gasteiger partial charge < -0.3 is 10.6 Å². The number of piperidine rings is 1. The maximum atomic E-state index is 3.50. The molecule has 1 aliphatic rings. The quantitative estimate of drug-likeness (QED) is 0.697. The van der Waals surface area contributed by atoms with Crippen molar-refractivity contribution in [1.82, 2.24) is 10.6 Å². The molecule has 1 fully saturated rings. The molecule has 0 radical (unpaired) electrons. The van der Waals surface area contributed by atoms with Crippen molar-refractivity contribution in [2.75, 3.05) is 26.7 Å². The first-order valence-corrected chi connectivity index (χ1v) is 7.08. The fraction of sp³-hybridized carbons (Fsp3) is 1.00.